The third-order valence-corrected chi connectivity index (χ3v) is 6.89. The molecule has 0 atom stereocenters. The molecule has 1 aromatic carbocycles. The molecule has 0 saturated carbocycles. The van der Waals surface area contributed by atoms with Gasteiger partial charge in [0.1, 0.15) is 11.4 Å². The van der Waals surface area contributed by atoms with Gasteiger partial charge in [0.05, 0.1) is 16.4 Å². The molecule has 0 bridgehead atoms. The van der Waals surface area contributed by atoms with E-state index in [9.17, 15) is 9.59 Å². The quantitative estimate of drug-likeness (QED) is 0.448. The number of benzene rings is 1. The van der Waals surface area contributed by atoms with Gasteiger partial charge in [0.2, 0.25) is 5.95 Å². The van der Waals surface area contributed by atoms with Gasteiger partial charge in [-0.15, -0.1) is 11.3 Å². The highest BCUT2D eigenvalue weighted by molar-refractivity contribution is 7.14. The van der Waals surface area contributed by atoms with E-state index in [-0.39, 0.29) is 11.9 Å². The molecule has 2 aliphatic heterocycles. The summed E-state index contributed by atoms with van der Waals surface area (Å²) in [6.45, 7) is 2.07. The van der Waals surface area contributed by atoms with Gasteiger partial charge in [-0.25, -0.2) is 9.78 Å². The summed E-state index contributed by atoms with van der Waals surface area (Å²) in [7, 11) is 4.13. The minimum atomic E-state index is -0.356. The Kier molecular flexibility index (Phi) is 6.03. The van der Waals surface area contributed by atoms with Crippen molar-refractivity contribution in [2.24, 2.45) is 0 Å². The van der Waals surface area contributed by atoms with Crippen molar-refractivity contribution in [3.63, 3.8) is 0 Å². The second kappa shape index (κ2) is 9.27. The summed E-state index contributed by atoms with van der Waals surface area (Å²) < 4.78 is 0. The van der Waals surface area contributed by atoms with E-state index in [1.165, 1.54) is 11.3 Å². The van der Waals surface area contributed by atoms with Crippen LogP contribution in [0.5, 0.6) is 0 Å². The van der Waals surface area contributed by atoms with Crippen LogP contribution in [0.4, 0.5) is 38.6 Å². The van der Waals surface area contributed by atoms with E-state index in [0.29, 0.717) is 40.4 Å². The molecule has 34 heavy (non-hydrogen) atoms. The minimum absolute atomic E-state index is 0.310. The lowest BCUT2D eigenvalue weighted by Gasteiger charge is -2.35. The molecule has 176 valence electrons. The Balaban J connectivity index is 1.33. The molecule has 1 fully saturated rings. The zero-order valence-corrected chi connectivity index (χ0v) is 19.8. The largest absolute Gasteiger partial charge is 0.341 e. The van der Waals surface area contributed by atoms with Crippen molar-refractivity contribution in [2.75, 3.05) is 53.4 Å². The number of piperidine rings is 1. The molecule has 11 heteroatoms. The zero-order valence-electron chi connectivity index (χ0n) is 19.0. The topological polar surface area (TPSA) is 115 Å². The van der Waals surface area contributed by atoms with Crippen LogP contribution < -0.4 is 26.2 Å². The van der Waals surface area contributed by atoms with E-state index in [4.69, 9.17) is 0 Å². The fraction of sp³-hybridized carbons (Fsp3) is 0.304. The van der Waals surface area contributed by atoms with Crippen LogP contribution in [-0.2, 0) is 0 Å². The third kappa shape index (κ3) is 4.66. The summed E-state index contributed by atoms with van der Waals surface area (Å²) in [5.41, 5.74) is 2.14. The number of anilines is 6. The summed E-state index contributed by atoms with van der Waals surface area (Å²) >= 11 is 1.44. The van der Waals surface area contributed by atoms with Crippen LogP contribution in [0.2, 0.25) is 0 Å². The number of likely N-dealkylation sites (tertiary alicyclic amines) is 1. The molecule has 10 nitrogen and oxygen atoms in total. The van der Waals surface area contributed by atoms with Crippen LogP contribution in [0.25, 0.3) is 0 Å². The smallest absolute Gasteiger partial charge is 0.324 e. The molecule has 3 aromatic rings. The molecular weight excluding hydrogens is 452 g/mol. The normalized spacial score (nSPS) is 15.9. The summed E-state index contributed by atoms with van der Waals surface area (Å²) in [6, 6.07) is 8.96. The number of carbonyl (C=O) groups excluding carboxylic acids is 2. The number of urea groups is 1. The Morgan fingerprint density at radius 3 is 2.76 bits per heavy atom. The van der Waals surface area contributed by atoms with Crippen molar-refractivity contribution >= 4 is 57.1 Å². The van der Waals surface area contributed by atoms with Crippen molar-refractivity contribution in [1.29, 1.82) is 0 Å². The molecule has 0 unspecified atom stereocenters. The Morgan fingerprint density at radius 2 is 2.00 bits per heavy atom. The number of fused-ring (bicyclic) bond motifs is 2. The van der Waals surface area contributed by atoms with Crippen LogP contribution in [0.15, 0.2) is 41.9 Å². The fourth-order valence-corrected chi connectivity index (χ4v) is 4.74. The molecule has 0 spiro atoms. The molecule has 4 heterocycles. The van der Waals surface area contributed by atoms with Crippen LogP contribution in [0.1, 0.15) is 23.2 Å². The van der Waals surface area contributed by atoms with E-state index >= 15 is 0 Å². The van der Waals surface area contributed by atoms with Crippen molar-refractivity contribution in [1.82, 2.24) is 14.9 Å². The molecule has 2 aliphatic rings. The van der Waals surface area contributed by atoms with E-state index in [1.807, 2.05) is 24.6 Å². The zero-order chi connectivity index (χ0) is 23.7. The molecule has 4 N–H and O–H groups in total. The molecule has 0 aliphatic carbocycles. The van der Waals surface area contributed by atoms with Gasteiger partial charge in [-0.1, -0.05) is 0 Å². The number of hydrogen-bond acceptors (Lipinski definition) is 8. The van der Waals surface area contributed by atoms with E-state index in [2.05, 4.69) is 48.1 Å². The number of nitrogens with zero attached hydrogens (tertiary/aromatic N) is 4. The third-order valence-electron chi connectivity index (χ3n) is 6.11. The SMILES string of the molecule is CN1CCC(N(C)c2ncc3c(n2)Nc2ccc(NC(=O)Nc4cccs4)cc2NC3=O)CC1. The number of carbonyl (C=O) groups is 2. The number of thiophene rings is 1. The van der Waals surface area contributed by atoms with E-state index in [1.54, 1.807) is 24.4 Å². The lowest BCUT2D eigenvalue weighted by atomic mass is 10.0. The second-order valence-electron chi connectivity index (χ2n) is 8.47. The van der Waals surface area contributed by atoms with Gasteiger partial charge < -0.3 is 25.8 Å². The lowest BCUT2D eigenvalue weighted by Crippen LogP contribution is -2.42. The summed E-state index contributed by atoms with van der Waals surface area (Å²) in [5.74, 6) is 0.729. The molecule has 2 aromatic heterocycles. The van der Waals surface area contributed by atoms with Gasteiger partial charge >= 0.3 is 6.03 Å². The van der Waals surface area contributed by atoms with Crippen molar-refractivity contribution in [3.05, 3.63) is 47.5 Å². The van der Waals surface area contributed by atoms with Gasteiger partial charge in [-0.2, -0.15) is 4.98 Å². The number of aromatic nitrogens is 2. The first kappa shape index (κ1) is 22.1. The van der Waals surface area contributed by atoms with Crippen molar-refractivity contribution < 1.29 is 9.59 Å². The van der Waals surface area contributed by atoms with Gasteiger partial charge in [0, 0.05) is 25.0 Å². The highest BCUT2D eigenvalue weighted by Crippen LogP contribution is 2.34. The van der Waals surface area contributed by atoms with Crippen LogP contribution in [-0.4, -0.2) is 60.0 Å². The Hall–Kier alpha value is -3.70. The predicted octanol–water partition coefficient (Wildman–Crippen LogP) is 4.02. The summed E-state index contributed by atoms with van der Waals surface area (Å²) in [6.07, 6.45) is 3.64. The molecule has 1 saturated heterocycles. The number of rotatable bonds is 4. The molecular formula is C23H26N8O2S. The van der Waals surface area contributed by atoms with Gasteiger partial charge in [0.25, 0.3) is 5.91 Å². The predicted molar refractivity (Wildman–Crippen MR) is 136 cm³/mol. The Morgan fingerprint density at radius 1 is 1.18 bits per heavy atom. The highest BCUT2D eigenvalue weighted by atomic mass is 32.1. The van der Waals surface area contributed by atoms with E-state index in [0.717, 1.165) is 30.9 Å². The fourth-order valence-electron chi connectivity index (χ4n) is 4.13. The minimum Gasteiger partial charge on any atom is -0.341 e. The first-order valence-electron chi connectivity index (χ1n) is 11.1. The number of nitrogens with one attached hydrogen (secondary N) is 4. The van der Waals surface area contributed by atoms with Crippen LogP contribution >= 0.6 is 11.3 Å². The second-order valence-corrected chi connectivity index (χ2v) is 9.42. The van der Waals surface area contributed by atoms with Crippen LogP contribution in [0, 0.1) is 0 Å². The lowest BCUT2D eigenvalue weighted by molar-refractivity contribution is 0.102. The summed E-state index contributed by atoms with van der Waals surface area (Å²) in [5, 5.41) is 14.3. The maximum Gasteiger partial charge on any atom is 0.324 e. The molecule has 0 radical (unpaired) electrons. The Labute approximate surface area is 201 Å². The van der Waals surface area contributed by atoms with Crippen molar-refractivity contribution in [3.8, 4) is 0 Å². The molecule has 5 rings (SSSR count). The average molecular weight is 479 g/mol. The highest BCUT2D eigenvalue weighted by Gasteiger charge is 2.26. The van der Waals surface area contributed by atoms with Gasteiger partial charge in [-0.3, -0.25) is 10.1 Å². The average Bonchev–Trinajstić information content (AvgIpc) is 3.28. The maximum atomic E-state index is 12.9. The monoisotopic (exact) mass is 478 g/mol. The van der Waals surface area contributed by atoms with Gasteiger partial charge in [0.15, 0.2) is 0 Å². The first-order chi connectivity index (χ1) is 16.5. The standard InChI is InChI=1S/C23H26N8O2S/c1-30-9-7-15(8-10-30)31(2)22-24-13-16-20(29-22)26-17-6-5-14(12-18(17)27-21(16)32)25-23(33)28-19-4-3-11-34-19/h3-6,11-13,15H,7-10H2,1-2H3,(H,27,32)(H,24,26,29)(H2,25,28,33). The maximum absolute atomic E-state index is 12.9. The van der Waals surface area contributed by atoms with Crippen LogP contribution in [0.3, 0.4) is 0 Å². The number of amides is 3. The molecule has 3 amide bonds. The van der Waals surface area contributed by atoms with E-state index < -0.39 is 0 Å². The van der Waals surface area contributed by atoms with Gasteiger partial charge in [-0.05, 0) is 68.7 Å². The Bertz CT molecular complexity index is 1210. The number of hydrogen-bond donors (Lipinski definition) is 4. The first-order valence-corrected chi connectivity index (χ1v) is 12.0. The summed E-state index contributed by atoms with van der Waals surface area (Å²) in [4.78, 5) is 38.7. The van der Waals surface area contributed by atoms with Crippen molar-refractivity contribution in [2.45, 2.75) is 18.9 Å².